The molecule has 1 heteroatoms. The van der Waals surface area contributed by atoms with Crippen LogP contribution >= 0.6 is 0 Å². The zero-order chi connectivity index (χ0) is 9.02. The van der Waals surface area contributed by atoms with Gasteiger partial charge in [0, 0.05) is 11.8 Å². The molecule has 64 valence electrons. The van der Waals surface area contributed by atoms with Gasteiger partial charge in [-0.1, -0.05) is 32.4 Å². The van der Waals surface area contributed by atoms with Crippen molar-refractivity contribution in [2.75, 3.05) is 0 Å². The lowest BCUT2D eigenvalue weighted by Crippen LogP contribution is -2.15. The Morgan fingerprint density at radius 1 is 1.18 bits per heavy atom. The second-order valence-corrected chi connectivity index (χ2v) is 3.59. The Balaban J connectivity index is 4.15. The van der Waals surface area contributed by atoms with E-state index in [4.69, 9.17) is 0 Å². The van der Waals surface area contributed by atoms with Gasteiger partial charge in [-0.2, -0.15) is 0 Å². The lowest BCUT2D eigenvalue weighted by Gasteiger charge is -2.08. The van der Waals surface area contributed by atoms with Crippen LogP contribution in [0.4, 0.5) is 0 Å². The molecule has 1 atom stereocenters. The molecule has 0 radical (unpaired) electrons. The fourth-order valence-corrected chi connectivity index (χ4v) is 1.11. The smallest absolute Gasteiger partial charge is 0.141 e. The summed E-state index contributed by atoms with van der Waals surface area (Å²) < 4.78 is 0. The zero-order valence-corrected chi connectivity index (χ0v) is 8.14. The third-order valence-electron chi connectivity index (χ3n) is 1.60. The first-order valence-electron chi connectivity index (χ1n) is 4.14. The van der Waals surface area contributed by atoms with Crippen molar-refractivity contribution >= 4 is 5.78 Å². The van der Waals surface area contributed by atoms with Crippen LogP contribution in [0, 0.1) is 11.8 Å². The van der Waals surface area contributed by atoms with E-state index in [1.54, 1.807) is 0 Å². The topological polar surface area (TPSA) is 17.1 Å². The summed E-state index contributed by atoms with van der Waals surface area (Å²) in [5.74, 6) is 0.562. The van der Waals surface area contributed by atoms with E-state index in [1.807, 2.05) is 40.7 Å². The molecule has 0 aliphatic rings. The van der Waals surface area contributed by atoms with Crippen LogP contribution in [0.2, 0.25) is 0 Å². The van der Waals surface area contributed by atoms with E-state index in [9.17, 15) is 4.79 Å². The van der Waals surface area contributed by atoms with Crippen molar-refractivity contribution < 1.29 is 4.79 Å². The molecule has 0 rings (SSSR count). The third-order valence-corrected chi connectivity index (χ3v) is 1.60. The van der Waals surface area contributed by atoms with Crippen molar-refractivity contribution in [3.05, 3.63) is 11.6 Å². The fraction of sp³-hybridized carbons (Fsp3) is 0.700. The number of carbonyl (C=O) groups excluding carboxylic acids is 1. The van der Waals surface area contributed by atoms with Gasteiger partial charge < -0.3 is 0 Å². The van der Waals surface area contributed by atoms with E-state index in [2.05, 4.69) is 0 Å². The minimum absolute atomic E-state index is 0.0833. The number of hydrogen-bond acceptors (Lipinski definition) is 1. The Labute approximate surface area is 69.5 Å². The van der Waals surface area contributed by atoms with Crippen LogP contribution in [-0.2, 0) is 4.79 Å². The SMILES string of the molecule is CC(C)=CC(C)C(=O)C(C)C. The quantitative estimate of drug-likeness (QED) is 0.571. The predicted molar refractivity (Wildman–Crippen MR) is 48.4 cm³/mol. The van der Waals surface area contributed by atoms with E-state index in [0.29, 0.717) is 5.78 Å². The number of hydrogen-bond donors (Lipinski definition) is 0. The van der Waals surface area contributed by atoms with E-state index in [1.165, 1.54) is 5.57 Å². The summed E-state index contributed by atoms with van der Waals surface area (Å²) in [6.07, 6.45) is 2.02. The van der Waals surface area contributed by atoms with Gasteiger partial charge in [0.2, 0.25) is 0 Å². The molecule has 0 aromatic heterocycles. The lowest BCUT2D eigenvalue weighted by atomic mass is 9.95. The molecule has 0 saturated heterocycles. The van der Waals surface area contributed by atoms with Crippen molar-refractivity contribution in [2.24, 2.45) is 11.8 Å². The molecule has 0 saturated carbocycles. The summed E-state index contributed by atoms with van der Waals surface area (Å²) >= 11 is 0. The van der Waals surface area contributed by atoms with Crippen LogP contribution in [0.1, 0.15) is 34.6 Å². The minimum atomic E-state index is 0.0833. The van der Waals surface area contributed by atoms with Crippen LogP contribution in [0.5, 0.6) is 0 Å². The van der Waals surface area contributed by atoms with Gasteiger partial charge in [-0.15, -0.1) is 0 Å². The highest BCUT2D eigenvalue weighted by atomic mass is 16.1. The van der Waals surface area contributed by atoms with Crippen molar-refractivity contribution in [1.82, 2.24) is 0 Å². The zero-order valence-electron chi connectivity index (χ0n) is 8.14. The monoisotopic (exact) mass is 154 g/mol. The second-order valence-electron chi connectivity index (χ2n) is 3.59. The molecule has 0 fully saturated rings. The maximum Gasteiger partial charge on any atom is 0.141 e. The molecule has 0 amide bonds. The Morgan fingerprint density at radius 3 is 1.91 bits per heavy atom. The van der Waals surface area contributed by atoms with Gasteiger partial charge in [-0.25, -0.2) is 0 Å². The molecule has 1 unspecified atom stereocenters. The summed E-state index contributed by atoms with van der Waals surface area (Å²) in [5.41, 5.74) is 1.21. The van der Waals surface area contributed by atoms with Gasteiger partial charge in [-0.05, 0) is 13.8 Å². The van der Waals surface area contributed by atoms with Gasteiger partial charge in [0.15, 0.2) is 0 Å². The van der Waals surface area contributed by atoms with E-state index < -0.39 is 0 Å². The molecule has 0 aromatic rings. The summed E-state index contributed by atoms with van der Waals surface area (Å²) in [6, 6.07) is 0. The summed E-state index contributed by atoms with van der Waals surface area (Å²) in [7, 11) is 0. The first kappa shape index (κ1) is 10.4. The molecule has 0 bridgehead atoms. The molecule has 0 N–H and O–H groups in total. The van der Waals surface area contributed by atoms with E-state index in [-0.39, 0.29) is 11.8 Å². The molecule has 11 heavy (non-hydrogen) atoms. The molecule has 0 heterocycles. The second kappa shape index (κ2) is 4.32. The summed E-state index contributed by atoms with van der Waals surface area (Å²) in [5, 5.41) is 0. The van der Waals surface area contributed by atoms with Crippen molar-refractivity contribution in [3.63, 3.8) is 0 Å². The highest BCUT2D eigenvalue weighted by Crippen LogP contribution is 2.09. The molecular formula is C10H18O. The Kier molecular flexibility index (Phi) is 4.09. The average Bonchev–Trinajstić information content (AvgIpc) is 1.84. The average molecular weight is 154 g/mol. The lowest BCUT2D eigenvalue weighted by molar-refractivity contribution is -0.123. The molecule has 0 spiro atoms. The van der Waals surface area contributed by atoms with Gasteiger partial charge in [0.1, 0.15) is 5.78 Å². The molecule has 1 nitrogen and oxygen atoms in total. The molecule has 0 aromatic carbocycles. The number of Topliss-reactive ketones (excluding diaryl/α,β-unsaturated/α-hetero) is 1. The summed E-state index contributed by atoms with van der Waals surface area (Å²) in [4.78, 5) is 11.3. The van der Waals surface area contributed by atoms with Gasteiger partial charge >= 0.3 is 0 Å². The maximum absolute atomic E-state index is 11.3. The van der Waals surface area contributed by atoms with E-state index in [0.717, 1.165) is 0 Å². The van der Waals surface area contributed by atoms with Crippen LogP contribution in [0.3, 0.4) is 0 Å². The highest BCUT2D eigenvalue weighted by molar-refractivity contribution is 5.84. The standard InChI is InChI=1S/C10H18O/c1-7(2)6-9(5)10(11)8(3)4/h6,8-9H,1-5H3. The van der Waals surface area contributed by atoms with Crippen molar-refractivity contribution in [3.8, 4) is 0 Å². The first-order chi connectivity index (χ1) is 4.95. The van der Waals surface area contributed by atoms with Crippen LogP contribution in [0.25, 0.3) is 0 Å². The van der Waals surface area contributed by atoms with Crippen molar-refractivity contribution in [1.29, 1.82) is 0 Å². The highest BCUT2D eigenvalue weighted by Gasteiger charge is 2.13. The molecule has 0 aliphatic heterocycles. The number of carbonyl (C=O) groups is 1. The number of ketones is 1. The van der Waals surface area contributed by atoms with Crippen LogP contribution in [-0.4, -0.2) is 5.78 Å². The van der Waals surface area contributed by atoms with Crippen LogP contribution in [0.15, 0.2) is 11.6 Å². The van der Waals surface area contributed by atoms with Gasteiger partial charge in [0.05, 0.1) is 0 Å². The Morgan fingerprint density at radius 2 is 1.64 bits per heavy atom. The third kappa shape index (κ3) is 3.97. The Hall–Kier alpha value is -0.590. The van der Waals surface area contributed by atoms with E-state index >= 15 is 0 Å². The maximum atomic E-state index is 11.3. The summed E-state index contributed by atoms with van der Waals surface area (Å²) in [6.45, 7) is 9.87. The molecule has 0 aliphatic carbocycles. The number of allylic oxidation sites excluding steroid dienone is 2. The van der Waals surface area contributed by atoms with Crippen molar-refractivity contribution in [2.45, 2.75) is 34.6 Å². The Bertz CT molecular complexity index is 162. The minimum Gasteiger partial charge on any atom is -0.299 e. The predicted octanol–water partition coefficient (Wildman–Crippen LogP) is 2.81. The van der Waals surface area contributed by atoms with Crippen LogP contribution < -0.4 is 0 Å². The number of rotatable bonds is 3. The fourth-order valence-electron chi connectivity index (χ4n) is 1.11. The van der Waals surface area contributed by atoms with Gasteiger partial charge in [-0.3, -0.25) is 4.79 Å². The normalized spacial score (nSPS) is 12.9. The molecular weight excluding hydrogens is 136 g/mol. The first-order valence-corrected chi connectivity index (χ1v) is 4.14. The largest absolute Gasteiger partial charge is 0.299 e. The van der Waals surface area contributed by atoms with Gasteiger partial charge in [0.25, 0.3) is 0 Å².